The van der Waals surface area contributed by atoms with E-state index in [-0.39, 0.29) is 33.9 Å². The van der Waals surface area contributed by atoms with Crippen LogP contribution in [-0.2, 0) is 6.42 Å². The molecule has 6 nitrogen and oxygen atoms in total. The summed E-state index contributed by atoms with van der Waals surface area (Å²) >= 11 is 1.07. The monoisotopic (exact) mass is 388 g/mol. The van der Waals surface area contributed by atoms with E-state index in [0.717, 1.165) is 15.7 Å². The zero-order chi connectivity index (χ0) is 19.7. The number of aromatic nitrogens is 2. The maximum absolute atomic E-state index is 14.7. The number of carbonyl (C=O) groups is 1. The molecule has 0 aliphatic heterocycles. The number of hydrogen-bond donors (Lipinski definition) is 1. The smallest absolute Gasteiger partial charge is 0.295 e. The van der Waals surface area contributed by atoms with Crippen molar-refractivity contribution in [3.63, 3.8) is 0 Å². The SMILES string of the molecule is CCNC(=O)c1c(C)sc2nc(Cc3cccc(C#N)c3F)c(F)c(=O)n12. The molecule has 9 heteroatoms. The Morgan fingerprint density at radius 2 is 2.11 bits per heavy atom. The molecule has 3 aromatic rings. The Bertz CT molecular complexity index is 1160. The van der Waals surface area contributed by atoms with Crippen molar-refractivity contribution < 1.29 is 13.6 Å². The van der Waals surface area contributed by atoms with Gasteiger partial charge in [0.1, 0.15) is 17.6 Å². The molecule has 0 aliphatic rings. The molecule has 0 unspecified atom stereocenters. The molecule has 0 bridgehead atoms. The van der Waals surface area contributed by atoms with Gasteiger partial charge in [-0.3, -0.25) is 9.59 Å². The second-order valence-electron chi connectivity index (χ2n) is 5.73. The standard InChI is InChI=1S/C18H14F2N4O2S/c1-3-22-16(25)15-9(2)27-18-23-12(14(20)17(26)24(15)18)7-10-5-4-6-11(8-21)13(10)19/h4-6H,3,7H2,1-2H3,(H,22,25). The maximum atomic E-state index is 14.7. The molecule has 0 fully saturated rings. The summed E-state index contributed by atoms with van der Waals surface area (Å²) < 4.78 is 29.9. The number of aryl methyl sites for hydroxylation is 1. The van der Waals surface area contributed by atoms with Crippen molar-refractivity contribution in [2.75, 3.05) is 6.54 Å². The molecule has 1 amide bonds. The molecule has 0 aliphatic carbocycles. The van der Waals surface area contributed by atoms with Gasteiger partial charge >= 0.3 is 0 Å². The number of rotatable bonds is 4. The second-order valence-corrected chi connectivity index (χ2v) is 6.91. The van der Waals surface area contributed by atoms with Gasteiger partial charge in [0.2, 0.25) is 5.82 Å². The molecule has 138 valence electrons. The molecule has 1 N–H and O–H groups in total. The summed E-state index contributed by atoms with van der Waals surface area (Å²) in [5, 5.41) is 11.5. The summed E-state index contributed by atoms with van der Waals surface area (Å²) in [5.74, 6) is -2.42. The Morgan fingerprint density at radius 3 is 2.78 bits per heavy atom. The van der Waals surface area contributed by atoms with Crippen molar-refractivity contribution >= 4 is 22.2 Å². The Balaban J connectivity index is 2.15. The van der Waals surface area contributed by atoms with Crippen LogP contribution in [0.3, 0.4) is 0 Å². The van der Waals surface area contributed by atoms with E-state index in [0.29, 0.717) is 11.4 Å². The number of nitrogens with zero attached hydrogens (tertiary/aromatic N) is 3. The normalized spacial score (nSPS) is 10.8. The van der Waals surface area contributed by atoms with Crippen molar-refractivity contribution in [1.82, 2.24) is 14.7 Å². The number of thiazole rings is 1. The van der Waals surface area contributed by atoms with Gasteiger partial charge in [-0.25, -0.2) is 13.8 Å². The van der Waals surface area contributed by atoms with E-state index in [4.69, 9.17) is 5.26 Å². The highest BCUT2D eigenvalue weighted by atomic mass is 32.1. The molecule has 3 rings (SSSR count). The molecule has 0 spiro atoms. The molecular formula is C18H14F2N4O2S. The van der Waals surface area contributed by atoms with Crippen molar-refractivity contribution in [2.24, 2.45) is 0 Å². The first kappa shape index (κ1) is 18.7. The second kappa shape index (κ2) is 7.25. The number of hydrogen-bond acceptors (Lipinski definition) is 5. The first-order chi connectivity index (χ1) is 12.9. The van der Waals surface area contributed by atoms with Crippen LogP contribution in [0.15, 0.2) is 23.0 Å². The number of halogens is 2. The highest BCUT2D eigenvalue weighted by Crippen LogP contribution is 2.22. The first-order valence-corrected chi connectivity index (χ1v) is 8.86. The fourth-order valence-electron chi connectivity index (χ4n) is 2.74. The van der Waals surface area contributed by atoms with E-state index in [1.165, 1.54) is 18.2 Å². The van der Waals surface area contributed by atoms with Crippen LogP contribution in [0, 0.1) is 29.9 Å². The molecule has 0 atom stereocenters. The van der Waals surface area contributed by atoms with Crippen LogP contribution in [0.4, 0.5) is 8.78 Å². The van der Waals surface area contributed by atoms with Crippen molar-refractivity contribution in [2.45, 2.75) is 20.3 Å². The Morgan fingerprint density at radius 1 is 1.37 bits per heavy atom. The Hall–Kier alpha value is -3.12. The zero-order valence-electron chi connectivity index (χ0n) is 14.5. The van der Waals surface area contributed by atoms with Crippen LogP contribution in [0.1, 0.15) is 39.1 Å². The summed E-state index contributed by atoms with van der Waals surface area (Å²) in [5.41, 5.74) is -1.33. The summed E-state index contributed by atoms with van der Waals surface area (Å²) in [4.78, 5) is 29.5. The lowest BCUT2D eigenvalue weighted by Gasteiger charge is -2.07. The summed E-state index contributed by atoms with van der Waals surface area (Å²) in [6.45, 7) is 3.72. The molecule has 27 heavy (non-hydrogen) atoms. The number of amides is 1. The predicted molar refractivity (Wildman–Crippen MR) is 96.0 cm³/mol. The van der Waals surface area contributed by atoms with Crippen LogP contribution < -0.4 is 10.9 Å². The summed E-state index contributed by atoms with van der Waals surface area (Å²) in [6.07, 6.45) is -0.285. The fourth-order valence-corrected chi connectivity index (χ4v) is 3.71. The molecule has 1 aromatic carbocycles. The molecule has 2 heterocycles. The van der Waals surface area contributed by atoms with Crippen molar-refractivity contribution in [3.05, 3.63) is 67.6 Å². The first-order valence-electron chi connectivity index (χ1n) is 8.05. The van der Waals surface area contributed by atoms with Gasteiger partial charge in [-0.1, -0.05) is 12.1 Å². The maximum Gasteiger partial charge on any atom is 0.295 e. The van der Waals surface area contributed by atoms with Gasteiger partial charge in [-0.05, 0) is 25.5 Å². The minimum absolute atomic E-state index is 0.0393. The van der Waals surface area contributed by atoms with E-state index >= 15 is 0 Å². The van der Waals surface area contributed by atoms with Crippen molar-refractivity contribution in [1.29, 1.82) is 5.26 Å². The minimum Gasteiger partial charge on any atom is -0.351 e. The number of nitrogens with one attached hydrogen (secondary N) is 1. The average Bonchev–Trinajstić information content (AvgIpc) is 2.97. The summed E-state index contributed by atoms with van der Waals surface area (Å²) in [6, 6.07) is 5.90. The number of carbonyl (C=O) groups excluding carboxylic acids is 1. The van der Waals surface area contributed by atoms with Gasteiger partial charge in [-0.2, -0.15) is 9.65 Å². The number of nitriles is 1. The number of benzene rings is 1. The average molecular weight is 388 g/mol. The molecule has 2 aromatic heterocycles. The van der Waals surface area contributed by atoms with E-state index in [9.17, 15) is 18.4 Å². The molecule has 0 saturated carbocycles. The lowest BCUT2D eigenvalue weighted by Crippen LogP contribution is -2.30. The zero-order valence-corrected chi connectivity index (χ0v) is 15.3. The van der Waals surface area contributed by atoms with Gasteiger partial charge < -0.3 is 5.32 Å². The van der Waals surface area contributed by atoms with Gasteiger partial charge in [-0.15, -0.1) is 11.3 Å². The lowest BCUT2D eigenvalue weighted by atomic mass is 10.1. The third kappa shape index (κ3) is 3.19. The van der Waals surface area contributed by atoms with E-state index in [1.54, 1.807) is 19.9 Å². The molecule has 0 saturated heterocycles. The predicted octanol–water partition coefficient (Wildman–Crippen LogP) is 2.55. The van der Waals surface area contributed by atoms with Gasteiger partial charge in [0.05, 0.1) is 11.3 Å². The van der Waals surface area contributed by atoms with Gasteiger partial charge in [0, 0.05) is 17.8 Å². The lowest BCUT2D eigenvalue weighted by molar-refractivity contribution is 0.0949. The van der Waals surface area contributed by atoms with Gasteiger partial charge in [0.15, 0.2) is 4.96 Å². The fraction of sp³-hybridized carbons (Fsp3) is 0.222. The largest absolute Gasteiger partial charge is 0.351 e. The van der Waals surface area contributed by atoms with E-state index < -0.39 is 23.1 Å². The highest BCUT2D eigenvalue weighted by Gasteiger charge is 2.23. The molecule has 0 radical (unpaired) electrons. The van der Waals surface area contributed by atoms with E-state index in [1.807, 2.05) is 0 Å². The Labute approximate surface area is 156 Å². The Kier molecular flexibility index (Phi) is 5.01. The van der Waals surface area contributed by atoms with Crippen LogP contribution >= 0.6 is 11.3 Å². The topological polar surface area (TPSA) is 87.3 Å². The number of fused-ring (bicyclic) bond motifs is 1. The van der Waals surface area contributed by atoms with Crippen LogP contribution in [-0.4, -0.2) is 21.8 Å². The minimum atomic E-state index is -1.15. The third-order valence-corrected chi connectivity index (χ3v) is 4.93. The van der Waals surface area contributed by atoms with Gasteiger partial charge in [0.25, 0.3) is 11.5 Å². The van der Waals surface area contributed by atoms with Crippen molar-refractivity contribution in [3.8, 4) is 6.07 Å². The third-order valence-electron chi connectivity index (χ3n) is 3.98. The highest BCUT2D eigenvalue weighted by molar-refractivity contribution is 7.17. The summed E-state index contributed by atoms with van der Waals surface area (Å²) in [7, 11) is 0. The van der Waals surface area contributed by atoms with Crippen LogP contribution in [0.5, 0.6) is 0 Å². The van der Waals surface area contributed by atoms with Crippen LogP contribution in [0.25, 0.3) is 4.96 Å². The molecular weight excluding hydrogens is 374 g/mol. The quantitative estimate of drug-likeness (QED) is 0.744. The van der Waals surface area contributed by atoms with E-state index in [2.05, 4.69) is 10.3 Å². The van der Waals surface area contributed by atoms with Crippen LogP contribution in [0.2, 0.25) is 0 Å².